The van der Waals surface area contributed by atoms with E-state index < -0.39 is 0 Å². The molecule has 1 aromatic rings. The number of aryl methyl sites for hydroxylation is 2. The van der Waals surface area contributed by atoms with E-state index in [0.717, 1.165) is 19.1 Å². The van der Waals surface area contributed by atoms with Crippen molar-refractivity contribution < 1.29 is 4.74 Å². The Bertz CT molecular complexity index is 487. The van der Waals surface area contributed by atoms with Gasteiger partial charge in [0.05, 0.1) is 23.4 Å². The Morgan fingerprint density at radius 3 is 2.86 bits per heavy atom. The van der Waals surface area contributed by atoms with Crippen LogP contribution in [0.15, 0.2) is 0 Å². The van der Waals surface area contributed by atoms with Crippen molar-refractivity contribution in [2.24, 2.45) is 5.92 Å². The van der Waals surface area contributed by atoms with Gasteiger partial charge in [0.15, 0.2) is 0 Å². The van der Waals surface area contributed by atoms with Crippen molar-refractivity contribution in [2.45, 2.75) is 70.9 Å². The minimum atomic E-state index is 0.495. The van der Waals surface area contributed by atoms with Gasteiger partial charge in [-0.05, 0) is 52.0 Å². The molecule has 3 nitrogen and oxygen atoms in total. The van der Waals surface area contributed by atoms with E-state index in [9.17, 15) is 0 Å². The largest absolute Gasteiger partial charge is 0.377 e. The molecule has 0 spiro atoms. The fourth-order valence-electron chi connectivity index (χ4n) is 3.97. The standard InChI is InChI=1S/C18H30N2OS/c1-13-7-4-5-10-17(13)21-12-11-20(3)16-9-6-8-15-18(16)22-14(2)19-15/h13,16-17H,4-12H2,1-3H3/t13-,16+,17+/m0/s1. The second-order valence-electron chi connectivity index (χ2n) is 7.10. The molecule has 0 unspecified atom stereocenters. The highest BCUT2D eigenvalue weighted by Crippen LogP contribution is 2.37. The molecular weight excluding hydrogens is 292 g/mol. The molecular formula is C18H30N2OS. The molecule has 0 aliphatic heterocycles. The van der Waals surface area contributed by atoms with Gasteiger partial charge >= 0.3 is 0 Å². The maximum absolute atomic E-state index is 6.20. The van der Waals surface area contributed by atoms with Crippen LogP contribution >= 0.6 is 11.3 Å². The van der Waals surface area contributed by atoms with Gasteiger partial charge < -0.3 is 4.74 Å². The topological polar surface area (TPSA) is 25.4 Å². The number of hydrogen-bond donors (Lipinski definition) is 0. The predicted molar refractivity (Wildman–Crippen MR) is 92.5 cm³/mol. The summed E-state index contributed by atoms with van der Waals surface area (Å²) in [6.07, 6.45) is 9.53. The third-order valence-corrected chi connectivity index (χ3v) is 6.48. The first-order valence-electron chi connectivity index (χ1n) is 8.93. The number of hydrogen-bond acceptors (Lipinski definition) is 4. The summed E-state index contributed by atoms with van der Waals surface area (Å²) < 4.78 is 6.20. The van der Waals surface area contributed by atoms with Crippen LogP contribution in [-0.4, -0.2) is 36.2 Å². The van der Waals surface area contributed by atoms with Crippen LogP contribution in [0.25, 0.3) is 0 Å². The van der Waals surface area contributed by atoms with Gasteiger partial charge in [0.2, 0.25) is 0 Å². The molecule has 2 aliphatic carbocycles. The highest BCUT2D eigenvalue weighted by Gasteiger charge is 2.27. The zero-order valence-corrected chi connectivity index (χ0v) is 15.1. The van der Waals surface area contributed by atoms with Gasteiger partial charge in [0.25, 0.3) is 0 Å². The fraction of sp³-hybridized carbons (Fsp3) is 0.833. The molecule has 3 rings (SSSR count). The lowest BCUT2D eigenvalue weighted by Gasteiger charge is -2.32. The van der Waals surface area contributed by atoms with Crippen LogP contribution in [0.4, 0.5) is 0 Å². The van der Waals surface area contributed by atoms with E-state index in [1.165, 1.54) is 60.5 Å². The Morgan fingerprint density at radius 1 is 1.23 bits per heavy atom. The van der Waals surface area contributed by atoms with Gasteiger partial charge in [-0.25, -0.2) is 4.98 Å². The lowest BCUT2D eigenvalue weighted by molar-refractivity contribution is -0.0156. The Hall–Kier alpha value is -0.450. The molecule has 0 aromatic carbocycles. The van der Waals surface area contributed by atoms with E-state index >= 15 is 0 Å². The summed E-state index contributed by atoms with van der Waals surface area (Å²) in [5.74, 6) is 0.740. The van der Waals surface area contributed by atoms with Gasteiger partial charge in [0, 0.05) is 17.5 Å². The third-order valence-electron chi connectivity index (χ3n) is 5.37. The minimum Gasteiger partial charge on any atom is -0.377 e. The maximum atomic E-state index is 6.20. The molecule has 1 saturated carbocycles. The van der Waals surface area contributed by atoms with Crippen LogP contribution in [0.2, 0.25) is 0 Å². The molecule has 22 heavy (non-hydrogen) atoms. The number of rotatable bonds is 5. The summed E-state index contributed by atoms with van der Waals surface area (Å²) in [6, 6.07) is 0.558. The van der Waals surface area contributed by atoms with E-state index in [-0.39, 0.29) is 0 Å². The second kappa shape index (κ2) is 7.41. The number of ether oxygens (including phenoxy) is 1. The lowest BCUT2D eigenvalue weighted by Crippen LogP contribution is -2.33. The molecule has 2 aliphatic rings. The van der Waals surface area contributed by atoms with Crippen molar-refractivity contribution in [3.8, 4) is 0 Å². The first-order chi connectivity index (χ1) is 10.6. The van der Waals surface area contributed by atoms with Gasteiger partial charge in [-0.15, -0.1) is 11.3 Å². The van der Waals surface area contributed by atoms with Crippen LogP contribution in [0.5, 0.6) is 0 Å². The number of likely N-dealkylation sites (N-methyl/N-ethyl adjacent to an activating group) is 1. The van der Waals surface area contributed by atoms with E-state index in [1.54, 1.807) is 0 Å². The molecule has 0 N–H and O–H groups in total. The Labute approximate surface area is 139 Å². The zero-order chi connectivity index (χ0) is 15.5. The first kappa shape index (κ1) is 16.4. The van der Waals surface area contributed by atoms with Gasteiger partial charge in [-0.1, -0.05) is 19.8 Å². The average Bonchev–Trinajstić information content (AvgIpc) is 2.89. The smallest absolute Gasteiger partial charge is 0.0900 e. The molecule has 0 bridgehead atoms. The van der Waals surface area contributed by atoms with Crippen LogP contribution in [-0.2, 0) is 11.2 Å². The number of aromatic nitrogens is 1. The van der Waals surface area contributed by atoms with Crippen LogP contribution in [0.3, 0.4) is 0 Å². The van der Waals surface area contributed by atoms with Crippen molar-refractivity contribution in [2.75, 3.05) is 20.2 Å². The van der Waals surface area contributed by atoms with Crippen LogP contribution in [0, 0.1) is 12.8 Å². The summed E-state index contributed by atoms with van der Waals surface area (Å²) in [4.78, 5) is 8.71. The number of thiazole rings is 1. The van der Waals surface area contributed by atoms with Crippen LogP contribution < -0.4 is 0 Å². The first-order valence-corrected chi connectivity index (χ1v) is 9.75. The normalized spacial score (nSPS) is 28.8. The summed E-state index contributed by atoms with van der Waals surface area (Å²) in [7, 11) is 2.25. The van der Waals surface area contributed by atoms with E-state index in [1.807, 2.05) is 11.3 Å². The Balaban J connectivity index is 1.51. The van der Waals surface area contributed by atoms with Crippen molar-refractivity contribution >= 4 is 11.3 Å². The van der Waals surface area contributed by atoms with Gasteiger partial charge in [-0.3, -0.25) is 4.90 Å². The molecule has 1 heterocycles. The Morgan fingerprint density at radius 2 is 2.05 bits per heavy atom. The van der Waals surface area contributed by atoms with Gasteiger partial charge in [-0.2, -0.15) is 0 Å². The van der Waals surface area contributed by atoms with Gasteiger partial charge in [0.1, 0.15) is 0 Å². The van der Waals surface area contributed by atoms with Crippen molar-refractivity contribution in [1.82, 2.24) is 9.88 Å². The summed E-state index contributed by atoms with van der Waals surface area (Å²) >= 11 is 1.89. The lowest BCUT2D eigenvalue weighted by atomic mass is 9.88. The average molecular weight is 323 g/mol. The van der Waals surface area contributed by atoms with Crippen molar-refractivity contribution in [3.63, 3.8) is 0 Å². The zero-order valence-electron chi connectivity index (χ0n) is 14.3. The number of fused-ring (bicyclic) bond motifs is 1. The van der Waals surface area contributed by atoms with E-state index in [0.29, 0.717) is 12.1 Å². The highest BCUT2D eigenvalue weighted by atomic mass is 32.1. The molecule has 1 aromatic heterocycles. The minimum absolute atomic E-state index is 0.495. The second-order valence-corrected chi connectivity index (χ2v) is 8.34. The number of nitrogens with zero attached hydrogens (tertiary/aromatic N) is 2. The molecule has 0 radical (unpaired) electrons. The van der Waals surface area contributed by atoms with Crippen molar-refractivity contribution in [1.29, 1.82) is 0 Å². The third kappa shape index (κ3) is 3.72. The monoisotopic (exact) mass is 322 g/mol. The predicted octanol–water partition coefficient (Wildman–Crippen LogP) is 4.36. The molecule has 0 amide bonds. The van der Waals surface area contributed by atoms with Crippen LogP contribution in [0.1, 0.15) is 67.1 Å². The van der Waals surface area contributed by atoms with E-state index in [2.05, 4.69) is 25.8 Å². The quantitative estimate of drug-likeness (QED) is 0.805. The SMILES string of the molecule is Cc1nc2c(s1)[C@H](N(C)CCO[C@@H]1CCCC[C@@H]1C)CCC2. The molecule has 1 fully saturated rings. The fourth-order valence-corrected chi connectivity index (χ4v) is 5.15. The molecule has 4 heteroatoms. The molecule has 124 valence electrons. The molecule has 3 atom stereocenters. The van der Waals surface area contributed by atoms with Crippen molar-refractivity contribution in [3.05, 3.63) is 15.6 Å². The van der Waals surface area contributed by atoms with E-state index in [4.69, 9.17) is 9.72 Å². The summed E-state index contributed by atoms with van der Waals surface area (Å²) in [5, 5.41) is 1.22. The highest BCUT2D eigenvalue weighted by molar-refractivity contribution is 7.11. The summed E-state index contributed by atoms with van der Waals surface area (Å²) in [6.45, 7) is 6.38. The molecule has 0 saturated heterocycles. The summed E-state index contributed by atoms with van der Waals surface area (Å²) in [5.41, 5.74) is 1.35. The maximum Gasteiger partial charge on any atom is 0.0900 e. The Kier molecular flexibility index (Phi) is 5.53.